The summed E-state index contributed by atoms with van der Waals surface area (Å²) in [6, 6.07) is 11.8. The molecular formula is C11H8N4S. The molecule has 0 spiro atoms. The van der Waals surface area contributed by atoms with E-state index >= 15 is 0 Å². The van der Waals surface area contributed by atoms with Crippen LogP contribution in [0, 0.1) is 0 Å². The van der Waals surface area contributed by atoms with Crippen molar-refractivity contribution in [2.75, 3.05) is 0 Å². The quantitative estimate of drug-likeness (QED) is 0.628. The highest BCUT2D eigenvalue weighted by Crippen LogP contribution is 2.18. The molecule has 78 valence electrons. The van der Waals surface area contributed by atoms with Crippen molar-refractivity contribution >= 4 is 23.5 Å². The third-order valence-corrected chi connectivity index (χ3v) is 2.50. The van der Waals surface area contributed by atoms with Gasteiger partial charge in [-0.15, -0.1) is 12.6 Å². The van der Waals surface area contributed by atoms with Crippen LogP contribution in [0.5, 0.6) is 0 Å². The number of thiol groups is 1. The van der Waals surface area contributed by atoms with Crippen molar-refractivity contribution in [1.82, 2.24) is 20.2 Å². The van der Waals surface area contributed by atoms with Crippen molar-refractivity contribution in [3.63, 3.8) is 0 Å². The molecule has 16 heavy (non-hydrogen) atoms. The highest BCUT2D eigenvalue weighted by Gasteiger charge is 2.05. The minimum Gasteiger partial charge on any atom is -0.254 e. The van der Waals surface area contributed by atoms with Gasteiger partial charge in [0.15, 0.2) is 5.16 Å². The molecule has 0 aliphatic rings. The molecule has 0 amide bonds. The van der Waals surface area contributed by atoms with Gasteiger partial charge in [0.25, 0.3) is 0 Å². The van der Waals surface area contributed by atoms with E-state index in [1.165, 1.54) is 0 Å². The number of para-hydroxylation sites is 1. The molecule has 3 rings (SSSR count). The number of rotatable bonds is 1. The summed E-state index contributed by atoms with van der Waals surface area (Å²) in [5.41, 5.74) is 1.68. The van der Waals surface area contributed by atoms with Gasteiger partial charge < -0.3 is 0 Å². The summed E-state index contributed by atoms with van der Waals surface area (Å²) >= 11 is 4.07. The van der Waals surface area contributed by atoms with E-state index in [1.54, 1.807) is 0 Å². The van der Waals surface area contributed by atoms with Crippen LogP contribution in [0.25, 0.3) is 22.4 Å². The lowest BCUT2D eigenvalue weighted by Gasteiger charge is -1.98. The fourth-order valence-corrected chi connectivity index (χ4v) is 1.70. The van der Waals surface area contributed by atoms with Crippen LogP contribution in [0.2, 0.25) is 0 Å². The third kappa shape index (κ3) is 1.55. The third-order valence-electron chi connectivity index (χ3n) is 2.30. The van der Waals surface area contributed by atoms with Gasteiger partial charge in [-0.2, -0.15) is 10.1 Å². The molecule has 2 aromatic heterocycles. The zero-order valence-electron chi connectivity index (χ0n) is 8.25. The number of H-pyrrole nitrogens is 1. The summed E-state index contributed by atoms with van der Waals surface area (Å²) in [7, 11) is 0. The van der Waals surface area contributed by atoms with Gasteiger partial charge in [0.1, 0.15) is 5.69 Å². The normalized spacial score (nSPS) is 10.8. The van der Waals surface area contributed by atoms with Crippen molar-refractivity contribution in [3.05, 3.63) is 36.4 Å². The number of fused-ring (bicyclic) bond motifs is 1. The second-order valence-corrected chi connectivity index (χ2v) is 3.80. The fourth-order valence-electron chi connectivity index (χ4n) is 1.56. The molecule has 5 heteroatoms. The number of benzene rings is 1. The van der Waals surface area contributed by atoms with Crippen molar-refractivity contribution in [1.29, 1.82) is 0 Å². The first-order valence-electron chi connectivity index (χ1n) is 4.80. The summed E-state index contributed by atoms with van der Waals surface area (Å²) in [5, 5.41) is 8.29. The van der Waals surface area contributed by atoms with Gasteiger partial charge in [-0.05, 0) is 12.1 Å². The second kappa shape index (κ2) is 3.61. The first-order chi connectivity index (χ1) is 7.83. The number of aromatic nitrogens is 4. The van der Waals surface area contributed by atoms with E-state index in [9.17, 15) is 0 Å². The summed E-state index contributed by atoms with van der Waals surface area (Å²) in [4.78, 5) is 8.60. The Bertz CT molecular complexity index is 647. The number of pyridine rings is 1. The predicted octanol–water partition coefficient (Wildman–Crippen LogP) is 2.31. The number of hydrogen-bond acceptors (Lipinski definition) is 4. The zero-order chi connectivity index (χ0) is 11.0. The Hall–Kier alpha value is -1.88. The molecule has 1 N–H and O–H groups in total. The van der Waals surface area contributed by atoms with Gasteiger partial charge in [0.05, 0.1) is 5.52 Å². The minimum atomic E-state index is 0.491. The summed E-state index contributed by atoms with van der Waals surface area (Å²) < 4.78 is 0. The maximum atomic E-state index is 4.48. The molecule has 0 bridgehead atoms. The Morgan fingerprint density at radius 2 is 1.88 bits per heavy atom. The average molecular weight is 228 g/mol. The smallest absolute Gasteiger partial charge is 0.200 e. The lowest BCUT2D eigenvalue weighted by molar-refractivity contribution is 0.980. The molecule has 0 atom stereocenters. The van der Waals surface area contributed by atoms with Gasteiger partial charge >= 0.3 is 0 Å². The van der Waals surface area contributed by atoms with Crippen LogP contribution in [0.3, 0.4) is 0 Å². The van der Waals surface area contributed by atoms with Crippen LogP contribution in [-0.4, -0.2) is 20.2 Å². The number of nitrogens with one attached hydrogen (secondary N) is 1. The standard InChI is InChI=1S/C11H8N4S/c16-11-13-10(14-15-11)9-6-5-7-3-1-2-4-8(7)12-9/h1-6H,(H2,13,14,15,16). The first kappa shape index (κ1) is 9.35. The van der Waals surface area contributed by atoms with Crippen LogP contribution >= 0.6 is 12.6 Å². The molecule has 1 aromatic carbocycles. The maximum absolute atomic E-state index is 4.48. The molecule has 2 heterocycles. The van der Waals surface area contributed by atoms with Crippen molar-refractivity contribution in [2.24, 2.45) is 0 Å². The largest absolute Gasteiger partial charge is 0.254 e. The molecule has 0 radical (unpaired) electrons. The van der Waals surface area contributed by atoms with E-state index in [0.717, 1.165) is 16.6 Å². The SMILES string of the molecule is Sc1nc(-c2ccc3ccccc3n2)n[nH]1. The monoisotopic (exact) mass is 228 g/mol. The molecule has 4 nitrogen and oxygen atoms in total. The Labute approximate surface area is 97.2 Å². The Balaban J connectivity index is 2.18. The zero-order valence-corrected chi connectivity index (χ0v) is 9.15. The molecule has 0 saturated heterocycles. The predicted molar refractivity (Wildman–Crippen MR) is 64.4 cm³/mol. The van der Waals surface area contributed by atoms with Gasteiger partial charge in [0, 0.05) is 5.39 Å². The van der Waals surface area contributed by atoms with Gasteiger partial charge in [0.2, 0.25) is 5.82 Å². The molecule has 3 aromatic rings. The fraction of sp³-hybridized carbons (Fsp3) is 0. The van der Waals surface area contributed by atoms with Crippen LogP contribution in [0.4, 0.5) is 0 Å². The summed E-state index contributed by atoms with van der Waals surface area (Å²) in [5.74, 6) is 0.566. The molecule has 0 aliphatic heterocycles. The molecule has 0 unspecified atom stereocenters. The maximum Gasteiger partial charge on any atom is 0.200 e. The summed E-state index contributed by atoms with van der Waals surface area (Å²) in [6.45, 7) is 0. The number of nitrogens with zero attached hydrogens (tertiary/aromatic N) is 3. The van der Waals surface area contributed by atoms with Crippen molar-refractivity contribution in [3.8, 4) is 11.5 Å². The van der Waals surface area contributed by atoms with Crippen LogP contribution < -0.4 is 0 Å². The number of aromatic amines is 1. The van der Waals surface area contributed by atoms with E-state index in [0.29, 0.717) is 11.0 Å². The van der Waals surface area contributed by atoms with Crippen molar-refractivity contribution in [2.45, 2.75) is 5.16 Å². The van der Waals surface area contributed by atoms with Crippen LogP contribution in [-0.2, 0) is 0 Å². The van der Waals surface area contributed by atoms with Crippen LogP contribution in [0.15, 0.2) is 41.6 Å². The first-order valence-corrected chi connectivity index (χ1v) is 5.25. The topological polar surface area (TPSA) is 54.5 Å². The second-order valence-electron chi connectivity index (χ2n) is 3.37. The average Bonchev–Trinajstić information content (AvgIpc) is 2.75. The van der Waals surface area contributed by atoms with E-state index in [-0.39, 0.29) is 0 Å². The number of hydrogen-bond donors (Lipinski definition) is 2. The Morgan fingerprint density at radius 3 is 2.69 bits per heavy atom. The van der Waals surface area contributed by atoms with E-state index in [1.807, 2.05) is 36.4 Å². The molecular weight excluding hydrogens is 220 g/mol. The van der Waals surface area contributed by atoms with Crippen molar-refractivity contribution < 1.29 is 0 Å². The molecule has 0 saturated carbocycles. The summed E-state index contributed by atoms with van der Waals surface area (Å²) in [6.07, 6.45) is 0. The van der Waals surface area contributed by atoms with E-state index < -0.39 is 0 Å². The Morgan fingerprint density at radius 1 is 1.00 bits per heavy atom. The highest BCUT2D eigenvalue weighted by molar-refractivity contribution is 7.80. The van der Waals surface area contributed by atoms with E-state index in [4.69, 9.17) is 0 Å². The lowest BCUT2D eigenvalue weighted by atomic mass is 10.2. The molecule has 0 fully saturated rings. The van der Waals surface area contributed by atoms with Gasteiger partial charge in [-0.25, -0.2) is 4.98 Å². The van der Waals surface area contributed by atoms with Crippen LogP contribution in [0.1, 0.15) is 0 Å². The minimum absolute atomic E-state index is 0.491. The van der Waals surface area contributed by atoms with Gasteiger partial charge in [-0.3, -0.25) is 5.10 Å². The highest BCUT2D eigenvalue weighted by atomic mass is 32.1. The molecule has 0 aliphatic carbocycles. The lowest BCUT2D eigenvalue weighted by Crippen LogP contribution is -1.86. The Kier molecular flexibility index (Phi) is 2.11. The van der Waals surface area contributed by atoms with E-state index in [2.05, 4.69) is 32.8 Å². The van der Waals surface area contributed by atoms with Gasteiger partial charge in [-0.1, -0.05) is 24.3 Å².